The molecule has 2 rings (SSSR count). The Morgan fingerprint density at radius 3 is 2.67 bits per heavy atom. The smallest absolute Gasteiger partial charge is 0.322 e. The number of hydrogen-bond acceptors (Lipinski definition) is 3. The van der Waals surface area contributed by atoms with Crippen LogP contribution < -0.4 is 16.0 Å². The molecule has 21 heavy (non-hydrogen) atoms. The second-order valence-corrected chi connectivity index (χ2v) is 5.40. The molecule has 0 aliphatic carbocycles. The molecule has 112 valence electrons. The lowest BCUT2D eigenvalue weighted by atomic mass is 10.1. The van der Waals surface area contributed by atoms with Crippen molar-refractivity contribution in [1.82, 2.24) is 16.0 Å². The van der Waals surface area contributed by atoms with Gasteiger partial charge < -0.3 is 10.6 Å². The Morgan fingerprint density at radius 2 is 2.05 bits per heavy atom. The number of rotatable bonds is 5. The molecule has 1 saturated heterocycles. The minimum atomic E-state index is -0.809. The molecule has 0 saturated carbocycles. The molecule has 3 N–H and O–H groups in total. The predicted molar refractivity (Wildman–Crippen MR) is 78.3 cm³/mol. The minimum absolute atomic E-state index is 0.0913. The van der Waals surface area contributed by atoms with Crippen LogP contribution in [-0.2, 0) is 16.0 Å². The van der Waals surface area contributed by atoms with Crippen molar-refractivity contribution in [3.8, 4) is 0 Å². The van der Waals surface area contributed by atoms with Crippen LogP contribution in [0.4, 0.5) is 4.79 Å². The molecule has 1 aromatic rings. The summed E-state index contributed by atoms with van der Waals surface area (Å²) in [6.45, 7) is 0.377. The molecule has 1 aliphatic heterocycles. The highest BCUT2D eigenvalue weighted by Crippen LogP contribution is 2.21. The van der Waals surface area contributed by atoms with Gasteiger partial charge in [0.15, 0.2) is 0 Å². The third kappa shape index (κ3) is 4.34. The second kappa shape index (κ2) is 6.78. The summed E-state index contributed by atoms with van der Waals surface area (Å²) < 4.78 is 0. The SMILES string of the molecule is O=C(CC1NC(=O)NC1=O)NCCc1ccc(Cl)cc1Cl. The van der Waals surface area contributed by atoms with Gasteiger partial charge in [-0.1, -0.05) is 29.3 Å². The monoisotopic (exact) mass is 329 g/mol. The van der Waals surface area contributed by atoms with Gasteiger partial charge in [-0.2, -0.15) is 0 Å². The van der Waals surface area contributed by atoms with E-state index in [0.717, 1.165) is 5.56 Å². The lowest BCUT2D eigenvalue weighted by Gasteiger charge is -2.09. The van der Waals surface area contributed by atoms with Gasteiger partial charge in [-0.25, -0.2) is 4.79 Å². The molecular weight excluding hydrogens is 317 g/mol. The number of benzene rings is 1. The van der Waals surface area contributed by atoms with E-state index in [1.54, 1.807) is 18.2 Å². The number of hydrogen-bond donors (Lipinski definition) is 3. The molecule has 1 unspecified atom stereocenters. The Bertz CT molecular complexity index is 592. The largest absolute Gasteiger partial charge is 0.356 e. The van der Waals surface area contributed by atoms with Crippen LogP contribution in [-0.4, -0.2) is 30.4 Å². The second-order valence-electron chi connectivity index (χ2n) is 4.56. The molecule has 6 nitrogen and oxygen atoms in total. The fraction of sp³-hybridized carbons (Fsp3) is 0.308. The van der Waals surface area contributed by atoms with Crippen molar-refractivity contribution in [1.29, 1.82) is 0 Å². The van der Waals surface area contributed by atoms with E-state index < -0.39 is 18.0 Å². The van der Waals surface area contributed by atoms with E-state index in [4.69, 9.17) is 23.2 Å². The van der Waals surface area contributed by atoms with Crippen LogP contribution in [0, 0.1) is 0 Å². The first-order chi connectivity index (χ1) is 9.95. The van der Waals surface area contributed by atoms with Gasteiger partial charge in [0.05, 0.1) is 6.42 Å². The van der Waals surface area contributed by atoms with Crippen LogP contribution in [0.1, 0.15) is 12.0 Å². The summed E-state index contributed by atoms with van der Waals surface area (Å²) in [6.07, 6.45) is 0.455. The van der Waals surface area contributed by atoms with E-state index in [1.165, 1.54) is 0 Å². The van der Waals surface area contributed by atoms with Crippen LogP contribution in [0.15, 0.2) is 18.2 Å². The van der Waals surface area contributed by atoms with Crippen molar-refractivity contribution in [3.05, 3.63) is 33.8 Å². The molecule has 0 aromatic heterocycles. The van der Waals surface area contributed by atoms with Gasteiger partial charge in [-0.3, -0.25) is 14.9 Å². The summed E-state index contributed by atoms with van der Waals surface area (Å²) >= 11 is 11.8. The van der Waals surface area contributed by atoms with Crippen LogP contribution in [0.5, 0.6) is 0 Å². The zero-order valence-corrected chi connectivity index (χ0v) is 12.4. The van der Waals surface area contributed by atoms with Gasteiger partial charge in [0.1, 0.15) is 6.04 Å². The van der Waals surface area contributed by atoms with Gasteiger partial charge in [-0.05, 0) is 24.1 Å². The minimum Gasteiger partial charge on any atom is -0.356 e. The molecule has 1 aliphatic rings. The van der Waals surface area contributed by atoms with Gasteiger partial charge in [-0.15, -0.1) is 0 Å². The summed E-state index contributed by atoms with van der Waals surface area (Å²) in [4.78, 5) is 33.9. The highest BCUT2D eigenvalue weighted by atomic mass is 35.5. The third-order valence-corrected chi connectivity index (χ3v) is 3.57. The molecule has 0 bridgehead atoms. The standard InChI is InChI=1S/C13H13Cl2N3O3/c14-8-2-1-7(9(15)5-8)3-4-16-11(19)6-10-12(20)18-13(21)17-10/h1-2,5,10H,3-4,6H2,(H,16,19)(H2,17,18,20,21). The van der Waals surface area contributed by atoms with Crippen molar-refractivity contribution in [2.75, 3.05) is 6.54 Å². The van der Waals surface area contributed by atoms with Crippen LogP contribution in [0.2, 0.25) is 10.0 Å². The number of imide groups is 1. The van der Waals surface area contributed by atoms with E-state index in [-0.39, 0.29) is 12.3 Å². The maximum atomic E-state index is 11.7. The Labute approximate surface area is 131 Å². The summed E-state index contributed by atoms with van der Waals surface area (Å²) in [5, 5.41) is 8.20. The van der Waals surface area contributed by atoms with Crippen LogP contribution >= 0.6 is 23.2 Å². The molecule has 1 heterocycles. The topological polar surface area (TPSA) is 87.3 Å². The average Bonchev–Trinajstić information content (AvgIpc) is 2.70. The summed E-state index contributed by atoms with van der Waals surface area (Å²) in [5.74, 6) is -0.807. The maximum absolute atomic E-state index is 11.7. The Balaban J connectivity index is 1.77. The van der Waals surface area contributed by atoms with Crippen molar-refractivity contribution < 1.29 is 14.4 Å². The first-order valence-electron chi connectivity index (χ1n) is 6.27. The van der Waals surface area contributed by atoms with Gasteiger partial charge in [0, 0.05) is 16.6 Å². The third-order valence-electron chi connectivity index (χ3n) is 2.98. The van der Waals surface area contributed by atoms with Gasteiger partial charge in [0.25, 0.3) is 5.91 Å². The lowest BCUT2D eigenvalue weighted by Crippen LogP contribution is -2.36. The lowest BCUT2D eigenvalue weighted by molar-refractivity contribution is -0.126. The zero-order chi connectivity index (χ0) is 15.4. The number of halogens is 2. The maximum Gasteiger partial charge on any atom is 0.322 e. The molecule has 1 fully saturated rings. The van der Waals surface area contributed by atoms with Crippen molar-refractivity contribution in [2.24, 2.45) is 0 Å². The quantitative estimate of drug-likeness (QED) is 0.710. The number of carbonyl (C=O) groups excluding carboxylic acids is 3. The summed E-state index contributed by atoms with van der Waals surface area (Å²) in [6, 6.07) is 3.77. The van der Waals surface area contributed by atoms with E-state index in [2.05, 4.69) is 16.0 Å². The average molecular weight is 330 g/mol. The summed E-state index contributed by atoms with van der Waals surface area (Å²) in [7, 11) is 0. The van der Waals surface area contributed by atoms with E-state index in [1.807, 2.05) is 0 Å². The molecule has 0 radical (unpaired) electrons. The first-order valence-corrected chi connectivity index (χ1v) is 7.03. The van der Waals surface area contributed by atoms with E-state index in [0.29, 0.717) is 23.0 Å². The fourth-order valence-electron chi connectivity index (χ4n) is 1.92. The van der Waals surface area contributed by atoms with Crippen LogP contribution in [0.25, 0.3) is 0 Å². The molecule has 0 spiro atoms. The van der Waals surface area contributed by atoms with Crippen molar-refractivity contribution in [2.45, 2.75) is 18.9 Å². The predicted octanol–water partition coefficient (Wildman–Crippen LogP) is 1.25. The number of carbonyl (C=O) groups is 3. The van der Waals surface area contributed by atoms with Gasteiger partial charge in [0.2, 0.25) is 5.91 Å². The summed E-state index contributed by atoms with van der Waals surface area (Å²) in [5.41, 5.74) is 0.869. The van der Waals surface area contributed by atoms with E-state index in [9.17, 15) is 14.4 Å². The van der Waals surface area contributed by atoms with Gasteiger partial charge >= 0.3 is 6.03 Å². The highest BCUT2D eigenvalue weighted by Gasteiger charge is 2.30. The zero-order valence-electron chi connectivity index (χ0n) is 10.9. The molecular formula is C13H13Cl2N3O3. The number of urea groups is 1. The fourth-order valence-corrected chi connectivity index (χ4v) is 2.42. The molecule has 4 amide bonds. The first kappa shape index (κ1) is 15.6. The Morgan fingerprint density at radius 1 is 1.29 bits per heavy atom. The number of amides is 4. The molecule has 1 atom stereocenters. The normalized spacial score (nSPS) is 17.3. The van der Waals surface area contributed by atoms with Crippen molar-refractivity contribution in [3.63, 3.8) is 0 Å². The highest BCUT2D eigenvalue weighted by molar-refractivity contribution is 6.35. The Hall–Kier alpha value is -1.79. The molecule has 8 heteroatoms. The molecule has 1 aromatic carbocycles. The van der Waals surface area contributed by atoms with E-state index >= 15 is 0 Å². The number of nitrogens with one attached hydrogen (secondary N) is 3. The van der Waals surface area contributed by atoms with Crippen LogP contribution in [0.3, 0.4) is 0 Å². The van der Waals surface area contributed by atoms with Crippen molar-refractivity contribution >= 4 is 41.0 Å². The Kier molecular flexibility index (Phi) is 5.03.